The van der Waals surface area contributed by atoms with Gasteiger partial charge in [-0.2, -0.15) is 13.2 Å². The van der Waals surface area contributed by atoms with E-state index in [-0.39, 0.29) is 22.8 Å². The summed E-state index contributed by atoms with van der Waals surface area (Å²) in [5.41, 5.74) is -0.985. The second-order valence-corrected chi connectivity index (χ2v) is 5.49. The fourth-order valence-corrected chi connectivity index (χ4v) is 2.43. The zero-order valence-corrected chi connectivity index (χ0v) is 13.9. The summed E-state index contributed by atoms with van der Waals surface area (Å²) in [6.45, 7) is 0. The largest absolute Gasteiger partial charge is 0.497 e. The summed E-state index contributed by atoms with van der Waals surface area (Å²) in [7, 11) is 1.50. The molecular formula is C18H12F3N3O3. The maximum Gasteiger partial charge on any atom is 0.419 e. The van der Waals surface area contributed by atoms with Gasteiger partial charge in [0.25, 0.3) is 5.69 Å². The Morgan fingerprint density at radius 3 is 2.11 bits per heavy atom. The van der Waals surface area contributed by atoms with Gasteiger partial charge in [0.1, 0.15) is 11.3 Å². The second kappa shape index (κ2) is 7.02. The fraction of sp³-hybridized carbons (Fsp3) is 0.111. The number of hydrogen-bond acceptors (Lipinski definition) is 5. The van der Waals surface area contributed by atoms with Crippen LogP contribution in [-0.4, -0.2) is 22.0 Å². The highest BCUT2D eigenvalue weighted by Gasteiger charge is 2.35. The second-order valence-electron chi connectivity index (χ2n) is 5.49. The van der Waals surface area contributed by atoms with Gasteiger partial charge in [0.05, 0.1) is 17.7 Å². The highest BCUT2D eigenvalue weighted by atomic mass is 19.4. The molecule has 0 saturated heterocycles. The average Bonchev–Trinajstić information content (AvgIpc) is 2.67. The third-order valence-electron chi connectivity index (χ3n) is 3.79. The van der Waals surface area contributed by atoms with E-state index in [2.05, 4.69) is 9.97 Å². The third kappa shape index (κ3) is 3.86. The molecule has 0 unspecified atom stereocenters. The monoisotopic (exact) mass is 375 g/mol. The smallest absolute Gasteiger partial charge is 0.419 e. The van der Waals surface area contributed by atoms with E-state index in [9.17, 15) is 23.3 Å². The molecule has 0 bridgehead atoms. The van der Waals surface area contributed by atoms with Crippen LogP contribution in [0.3, 0.4) is 0 Å². The lowest BCUT2D eigenvalue weighted by molar-refractivity contribution is -0.384. The van der Waals surface area contributed by atoms with Gasteiger partial charge in [-0.15, -0.1) is 0 Å². The van der Waals surface area contributed by atoms with Gasteiger partial charge in [-0.1, -0.05) is 0 Å². The molecule has 1 aromatic heterocycles. The van der Waals surface area contributed by atoms with Gasteiger partial charge in [-0.3, -0.25) is 10.1 Å². The summed E-state index contributed by atoms with van der Waals surface area (Å²) < 4.78 is 45.2. The number of nitro groups is 1. The van der Waals surface area contributed by atoms with Crippen molar-refractivity contribution >= 4 is 5.69 Å². The minimum Gasteiger partial charge on any atom is -0.497 e. The van der Waals surface area contributed by atoms with Crippen LogP contribution in [0.15, 0.2) is 54.7 Å². The molecule has 138 valence electrons. The van der Waals surface area contributed by atoms with Gasteiger partial charge in [0.2, 0.25) is 0 Å². The van der Waals surface area contributed by atoms with Crippen LogP contribution in [0.5, 0.6) is 5.75 Å². The van der Waals surface area contributed by atoms with Crippen LogP contribution in [0.2, 0.25) is 0 Å². The molecule has 0 aliphatic heterocycles. The van der Waals surface area contributed by atoms with Crippen molar-refractivity contribution in [2.45, 2.75) is 6.18 Å². The summed E-state index contributed by atoms with van der Waals surface area (Å²) in [6, 6.07) is 11.3. The first kappa shape index (κ1) is 18.3. The van der Waals surface area contributed by atoms with E-state index in [0.29, 0.717) is 17.5 Å². The number of alkyl halides is 3. The molecule has 0 saturated carbocycles. The van der Waals surface area contributed by atoms with E-state index in [4.69, 9.17) is 4.74 Å². The van der Waals surface area contributed by atoms with Crippen molar-refractivity contribution in [3.8, 4) is 28.4 Å². The first-order valence-corrected chi connectivity index (χ1v) is 7.63. The Morgan fingerprint density at radius 1 is 1.00 bits per heavy atom. The molecule has 0 amide bonds. The van der Waals surface area contributed by atoms with Gasteiger partial charge >= 0.3 is 6.18 Å². The van der Waals surface area contributed by atoms with E-state index in [1.165, 1.54) is 19.2 Å². The molecule has 9 heteroatoms. The molecule has 0 fully saturated rings. The number of nitro benzene ring substituents is 1. The summed E-state index contributed by atoms with van der Waals surface area (Å²) in [5.74, 6) is 0.681. The van der Waals surface area contributed by atoms with Crippen molar-refractivity contribution in [2.24, 2.45) is 0 Å². The molecule has 3 rings (SSSR count). The summed E-state index contributed by atoms with van der Waals surface area (Å²) in [6.07, 6.45) is -3.96. The van der Waals surface area contributed by atoms with Crippen LogP contribution in [0.25, 0.3) is 22.6 Å². The van der Waals surface area contributed by atoms with E-state index < -0.39 is 16.7 Å². The topological polar surface area (TPSA) is 78.2 Å². The number of benzene rings is 2. The minimum absolute atomic E-state index is 0.0963. The molecule has 3 aromatic rings. The van der Waals surface area contributed by atoms with Crippen molar-refractivity contribution in [1.82, 2.24) is 9.97 Å². The van der Waals surface area contributed by atoms with Gasteiger partial charge in [0.15, 0.2) is 5.82 Å². The SMILES string of the molecule is COc1ccc(-c2ncc(C(F)(F)F)c(-c3ccc([N+](=O)[O-])cc3)n2)cc1. The predicted molar refractivity (Wildman–Crippen MR) is 91.1 cm³/mol. The van der Waals surface area contributed by atoms with Gasteiger partial charge < -0.3 is 4.74 Å². The van der Waals surface area contributed by atoms with Gasteiger partial charge in [-0.25, -0.2) is 9.97 Å². The number of methoxy groups -OCH3 is 1. The van der Waals surface area contributed by atoms with E-state index in [0.717, 1.165) is 12.1 Å². The molecule has 0 aliphatic rings. The summed E-state index contributed by atoms with van der Waals surface area (Å²) in [4.78, 5) is 18.0. The number of ether oxygens (including phenoxy) is 1. The Labute approximate surface area is 151 Å². The number of aromatic nitrogens is 2. The molecule has 0 atom stereocenters. The van der Waals surface area contributed by atoms with Gasteiger partial charge in [-0.05, 0) is 36.4 Å². The molecule has 27 heavy (non-hydrogen) atoms. The number of hydrogen-bond donors (Lipinski definition) is 0. The fourth-order valence-electron chi connectivity index (χ4n) is 2.43. The Hall–Kier alpha value is -3.49. The highest BCUT2D eigenvalue weighted by molar-refractivity contribution is 5.68. The molecular weight excluding hydrogens is 363 g/mol. The molecule has 0 spiro atoms. The zero-order valence-electron chi connectivity index (χ0n) is 13.9. The maximum atomic E-state index is 13.4. The molecule has 1 heterocycles. The number of nitrogens with zero attached hydrogens (tertiary/aromatic N) is 3. The third-order valence-corrected chi connectivity index (χ3v) is 3.79. The molecule has 6 nitrogen and oxygen atoms in total. The quantitative estimate of drug-likeness (QED) is 0.486. The predicted octanol–water partition coefficient (Wildman–Crippen LogP) is 4.75. The number of non-ortho nitro benzene ring substituents is 1. The van der Waals surface area contributed by atoms with Crippen LogP contribution < -0.4 is 4.74 Å². The van der Waals surface area contributed by atoms with Crippen molar-refractivity contribution in [3.05, 3.63) is 70.4 Å². The molecule has 0 aliphatic carbocycles. The van der Waals surface area contributed by atoms with E-state index >= 15 is 0 Å². The normalized spacial score (nSPS) is 11.3. The van der Waals surface area contributed by atoms with Crippen LogP contribution in [0.1, 0.15) is 5.56 Å². The van der Waals surface area contributed by atoms with Crippen molar-refractivity contribution in [2.75, 3.05) is 7.11 Å². The minimum atomic E-state index is -4.67. The number of halogens is 3. The first-order chi connectivity index (χ1) is 12.8. The van der Waals surface area contributed by atoms with E-state index in [1.807, 2.05) is 0 Å². The molecule has 0 radical (unpaired) electrons. The molecule has 0 N–H and O–H groups in total. The van der Waals surface area contributed by atoms with Crippen LogP contribution in [0.4, 0.5) is 18.9 Å². The Kier molecular flexibility index (Phi) is 4.76. The highest BCUT2D eigenvalue weighted by Crippen LogP contribution is 2.37. The molecule has 2 aromatic carbocycles. The zero-order chi connectivity index (χ0) is 19.6. The lowest BCUT2D eigenvalue weighted by atomic mass is 10.1. The lowest BCUT2D eigenvalue weighted by Gasteiger charge is -2.13. The van der Waals surface area contributed by atoms with E-state index in [1.54, 1.807) is 24.3 Å². The van der Waals surface area contributed by atoms with Crippen molar-refractivity contribution < 1.29 is 22.8 Å². The average molecular weight is 375 g/mol. The maximum absolute atomic E-state index is 13.4. The Bertz CT molecular complexity index is 972. The van der Waals surface area contributed by atoms with Crippen LogP contribution in [-0.2, 0) is 6.18 Å². The summed E-state index contributed by atoms with van der Waals surface area (Å²) in [5, 5.41) is 10.8. The summed E-state index contributed by atoms with van der Waals surface area (Å²) >= 11 is 0. The Balaban J connectivity index is 2.12. The van der Waals surface area contributed by atoms with Crippen molar-refractivity contribution in [1.29, 1.82) is 0 Å². The van der Waals surface area contributed by atoms with Crippen LogP contribution >= 0.6 is 0 Å². The van der Waals surface area contributed by atoms with Gasteiger partial charge in [0, 0.05) is 29.5 Å². The number of rotatable bonds is 4. The Morgan fingerprint density at radius 2 is 1.59 bits per heavy atom. The lowest BCUT2D eigenvalue weighted by Crippen LogP contribution is -2.10. The van der Waals surface area contributed by atoms with Crippen LogP contribution in [0, 0.1) is 10.1 Å². The first-order valence-electron chi connectivity index (χ1n) is 7.63. The standard InChI is InChI=1S/C18H12F3N3O3/c1-27-14-8-4-12(5-9-14)17-22-10-15(18(19,20)21)16(23-17)11-2-6-13(7-3-11)24(25)26/h2-10H,1H3. The van der Waals surface area contributed by atoms with Crippen molar-refractivity contribution in [3.63, 3.8) is 0 Å².